The van der Waals surface area contributed by atoms with E-state index in [0.717, 1.165) is 27.9 Å². The summed E-state index contributed by atoms with van der Waals surface area (Å²) in [5.74, 6) is -0.979. The van der Waals surface area contributed by atoms with Gasteiger partial charge in [-0.15, -0.1) is 0 Å². The maximum atomic E-state index is 13.8. The molecule has 0 aliphatic rings. The van der Waals surface area contributed by atoms with Gasteiger partial charge < -0.3 is 10.4 Å². The predicted molar refractivity (Wildman–Crippen MR) is 121 cm³/mol. The van der Waals surface area contributed by atoms with Gasteiger partial charge in [-0.05, 0) is 54.3 Å². The number of rotatable bonds is 6. The smallest absolute Gasteiger partial charge is 0.251 e. The number of nitrogens with one attached hydrogen (secondary N) is 1. The van der Waals surface area contributed by atoms with E-state index >= 15 is 0 Å². The number of halogens is 2. The number of carbonyl (C=O) groups excluding carboxylic acids is 1. The molecule has 6 nitrogen and oxygen atoms in total. The maximum absolute atomic E-state index is 13.8. The van der Waals surface area contributed by atoms with Crippen molar-refractivity contribution in [3.8, 4) is 0 Å². The number of hydrogen-bond donors (Lipinski definition) is 2. The SMILES string of the molecule is Cc1cc(Cc2cc3cc(C(=O)N[C@H](CO)c4ccc(Cl)c(F)c4)ccc3cn2)n(C)n1. The van der Waals surface area contributed by atoms with Crippen LogP contribution in [0.25, 0.3) is 10.8 Å². The van der Waals surface area contributed by atoms with E-state index in [0.29, 0.717) is 17.5 Å². The lowest BCUT2D eigenvalue weighted by atomic mass is 10.0. The molecule has 2 heterocycles. The highest BCUT2D eigenvalue weighted by molar-refractivity contribution is 6.30. The highest BCUT2D eigenvalue weighted by Gasteiger charge is 2.17. The van der Waals surface area contributed by atoms with Crippen molar-refractivity contribution < 1.29 is 14.3 Å². The second-order valence-corrected chi connectivity index (χ2v) is 8.10. The van der Waals surface area contributed by atoms with E-state index in [1.54, 1.807) is 24.4 Å². The number of benzene rings is 2. The Morgan fingerprint density at radius 1 is 1.19 bits per heavy atom. The van der Waals surface area contributed by atoms with Crippen LogP contribution in [0.1, 0.15) is 39.0 Å². The number of aromatic nitrogens is 3. The quantitative estimate of drug-likeness (QED) is 0.461. The number of nitrogens with zero attached hydrogens (tertiary/aromatic N) is 3. The molecule has 2 N–H and O–H groups in total. The molecule has 1 atom stereocenters. The molecule has 164 valence electrons. The Morgan fingerprint density at radius 3 is 2.69 bits per heavy atom. The third-order valence-electron chi connectivity index (χ3n) is 5.34. The van der Waals surface area contributed by atoms with E-state index in [9.17, 15) is 14.3 Å². The first kappa shape index (κ1) is 21.9. The van der Waals surface area contributed by atoms with Gasteiger partial charge in [-0.3, -0.25) is 14.5 Å². The first-order chi connectivity index (χ1) is 15.3. The average molecular weight is 453 g/mol. The lowest BCUT2D eigenvalue weighted by Gasteiger charge is -2.17. The predicted octanol–water partition coefficient (Wildman–Crippen LogP) is 4.12. The molecule has 1 amide bonds. The molecule has 0 radical (unpaired) electrons. The van der Waals surface area contributed by atoms with Crippen molar-refractivity contribution in [3.63, 3.8) is 0 Å². The van der Waals surface area contributed by atoms with Gasteiger partial charge >= 0.3 is 0 Å². The zero-order valence-corrected chi connectivity index (χ0v) is 18.4. The lowest BCUT2D eigenvalue weighted by Crippen LogP contribution is -2.30. The van der Waals surface area contributed by atoms with Crippen molar-refractivity contribution in [2.24, 2.45) is 7.05 Å². The largest absolute Gasteiger partial charge is 0.394 e. The normalized spacial score (nSPS) is 12.2. The molecular weight excluding hydrogens is 431 g/mol. The third kappa shape index (κ3) is 4.64. The van der Waals surface area contributed by atoms with Crippen molar-refractivity contribution in [2.45, 2.75) is 19.4 Å². The summed E-state index contributed by atoms with van der Waals surface area (Å²) in [7, 11) is 1.90. The molecule has 0 aliphatic carbocycles. The summed E-state index contributed by atoms with van der Waals surface area (Å²) >= 11 is 5.72. The Kier molecular flexibility index (Phi) is 6.21. The highest BCUT2D eigenvalue weighted by Crippen LogP contribution is 2.22. The topological polar surface area (TPSA) is 80.0 Å². The van der Waals surface area contributed by atoms with Crippen LogP contribution < -0.4 is 5.32 Å². The molecule has 0 aliphatic heterocycles. The zero-order chi connectivity index (χ0) is 22.8. The van der Waals surface area contributed by atoms with E-state index in [1.165, 1.54) is 12.1 Å². The highest BCUT2D eigenvalue weighted by atomic mass is 35.5. The van der Waals surface area contributed by atoms with Crippen LogP contribution in [0.2, 0.25) is 5.02 Å². The summed E-state index contributed by atoms with van der Waals surface area (Å²) in [4.78, 5) is 17.4. The van der Waals surface area contributed by atoms with Crippen LogP contribution in [0.3, 0.4) is 0 Å². The molecule has 4 rings (SSSR count). The fourth-order valence-corrected chi connectivity index (χ4v) is 3.76. The van der Waals surface area contributed by atoms with Crippen LogP contribution >= 0.6 is 11.6 Å². The summed E-state index contributed by atoms with van der Waals surface area (Å²) in [6, 6.07) is 12.7. The minimum Gasteiger partial charge on any atom is -0.394 e. The van der Waals surface area contributed by atoms with Gasteiger partial charge in [0.1, 0.15) is 5.82 Å². The van der Waals surface area contributed by atoms with Gasteiger partial charge in [0.2, 0.25) is 0 Å². The summed E-state index contributed by atoms with van der Waals surface area (Å²) in [5, 5.41) is 18.6. The molecule has 0 fully saturated rings. The van der Waals surface area contributed by atoms with Crippen LogP contribution in [-0.4, -0.2) is 32.4 Å². The second-order valence-electron chi connectivity index (χ2n) is 7.70. The number of hydrogen-bond acceptors (Lipinski definition) is 4. The fraction of sp³-hybridized carbons (Fsp3) is 0.208. The molecule has 8 heteroatoms. The lowest BCUT2D eigenvalue weighted by molar-refractivity contribution is 0.0916. The van der Waals surface area contributed by atoms with Crippen LogP contribution in [-0.2, 0) is 13.5 Å². The Bertz CT molecular complexity index is 1300. The summed E-state index contributed by atoms with van der Waals surface area (Å²) < 4.78 is 15.6. The number of aliphatic hydroxyl groups excluding tert-OH is 1. The van der Waals surface area contributed by atoms with Gasteiger partial charge in [-0.25, -0.2) is 4.39 Å². The van der Waals surface area contributed by atoms with Crippen molar-refractivity contribution in [1.29, 1.82) is 0 Å². The third-order valence-corrected chi connectivity index (χ3v) is 5.64. The van der Waals surface area contributed by atoms with E-state index < -0.39 is 11.9 Å². The number of fused-ring (bicyclic) bond motifs is 1. The molecule has 4 aromatic rings. The van der Waals surface area contributed by atoms with Crippen LogP contribution in [0.4, 0.5) is 4.39 Å². The molecular formula is C24H22ClFN4O2. The van der Waals surface area contributed by atoms with Crippen LogP contribution in [0, 0.1) is 12.7 Å². The number of aliphatic hydroxyl groups is 1. The van der Waals surface area contributed by atoms with E-state index in [-0.39, 0.29) is 17.5 Å². The number of carbonyl (C=O) groups is 1. The molecule has 32 heavy (non-hydrogen) atoms. The van der Waals surface area contributed by atoms with Gasteiger partial charge in [0.25, 0.3) is 5.91 Å². The van der Waals surface area contributed by atoms with Crippen molar-refractivity contribution in [3.05, 3.63) is 93.8 Å². The van der Waals surface area contributed by atoms with E-state index in [4.69, 9.17) is 11.6 Å². The summed E-state index contributed by atoms with van der Waals surface area (Å²) in [6.45, 7) is 1.57. The molecule has 2 aromatic carbocycles. The zero-order valence-electron chi connectivity index (χ0n) is 17.6. The van der Waals surface area contributed by atoms with E-state index in [2.05, 4.69) is 15.4 Å². The summed E-state index contributed by atoms with van der Waals surface area (Å²) in [5.41, 5.74) is 3.72. The van der Waals surface area contributed by atoms with Crippen molar-refractivity contribution in [2.75, 3.05) is 6.61 Å². The maximum Gasteiger partial charge on any atom is 0.251 e. The Balaban J connectivity index is 1.56. The van der Waals surface area contributed by atoms with Gasteiger partial charge in [0.15, 0.2) is 0 Å². The standard InChI is InChI=1S/C24H22ClFN4O2/c1-14-7-20(30(2)29-14)11-19-9-18-8-16(3-4-17(18)12-27-19)24(32)28-23(13-31)15-5-6-21(25)22(26)10-15/h3-10,12,23,31H,11,13H2,1-2H3,(H,28,32)/t23-/m1/s1. The number of pyridine rings is 1. The summed E-state index contributed by atoms with van der Waals surface area (Å²) in [6.07, 6.45) is 2.40. The fourth-order valence-electron chi connectivity index (χ4n) is 3.64. The number of amides is 1. The molecule has 0 spiro atoms. The second kappa shape index (κ2) is 9.06. The Hall–Kier alpha value is -3.29. The first-order valence-corrected chi connectivity index (χ1v) is 10.5. The van der Waals surface area contributed by atoms with Gasteiger partial charge in [0.05, 0.1) is 23.4 Å². The first-order valence-electron chi connectivity index (χ1n) is 10.1. The monoisotopic (exact) mass is 452 g/mol. The Morgan fingerprint density at radius 2 is 2.00 bits per heavy atom. The molecule has 0 unspecified atom stereocenters. The molecule has 2 aromatic heterocycles. The van der Waals surface area contributed by atoms with Gasteiger partial charge in [-0.1, -0.05) is 23.7 Å². The van der Waals surface area contributed by atoms with Gasteiger partial charge in [0, 0.05) is 42.0 Å². The molecule has 0 saturated carbocycles. The van der Waals surface area contributed by atoms with Crippen molar-refractivity contribution in [1.82, 2.24) is 20.1 Å². The average Bonchev–Trinajstić information content (AvgIpc) is 3.09. The van der Waals surface area contributed by atoms with Gasteiger partial charge in [-0.2, -0.15) is 5.10 Å². The number of aryl methyl sites for hydroxylation is 2. The van der Waals surface area contributed by atoms with Crippen molar-refractivity contribution >= 4 is 28.3 Å². The minimum absolute atomic E-state index is 0.0167. The Labute approximate surface area is 189 Å². The van der Waals surface area contributed by atoms with Crippen LogP contribution in [0.5, 0.6) is 0 Å². The van der Waals surface area contributed by atoms with Crippen LogP contribution in [0.15, 0.2) is 54.7 Å². The molecule has 0 bridgehead atoms. The minimum atomic E-state index is -0.758. The van der Waals surface area contributed by atoms with E-state index in [1.807, 2.05) is 36.9 Å². The molecule has 0 saturated heterocycles.